The van der Waals surface area contributed by atoms with E-state index >= 15 is 0 Å². The van der Waals surface area contributed by atoms with Crippen LogP contribution in [0.2, 0.25) is 0 Å². The van der Waals surface area contributed by atoms with E-state index in [2.05, 4.69) is 35.9 Å². The minimum absolute atomic E-state index is 0.107. The Morgan fingerprint density at radius 3 is 2.37 bits per heavy atom. The summed E-state index contributed by atoms with van der Waals surface area (Å²) in [7, 11) is 0. The molecule has 0 radical (unpaired) electrons. The third-order valence-electron chi connectivity index (χ3n) is 3.70. The van der Waals surface area contributed by atoms with Crippen molar-refractivity contribution in [2.75, 3.05) is 11.4 Å². The van der Waals surface area contributed by atoms with Crippen molar-refractivity contribution in [1.29, 1.82) is 5.41 Å². The number of nitrogens with two attached hydrogens (primary N) is 1. The van der Waals surface area contributed by atoms with Gasteiger partial charge in [-0.3, -0.25) is 5.41 Å². The third-order valence-corrected chi connectivity index (χ3v) is 3.70. The van der Waals surface area contributed by atoms with Gasteiger partial charge >= 0.3 is 0 Å². The second-order valence-corrected chi connectivity index (χ2v) is 4.96. The van der Waals surface area contributed by atoms with Gasteiger partial charge in [0.25, 0.3) is 0 Å². The molecule has 19 heavy (non-hydrogen) atoms. The summed E-state index contributed by atoms with van der Waals surface area (Å²) in [4.78, 5) is 2.24. The number of nitrogens with one attached hydrogen (secondary N) is 1. The molecule has 104 valence electrons. The summed E-state index contributed by atoms with van der Waals surface area (Å²) < 4.78 is 0. The van der Waals surface area contributed by atoms with Gasteiger partial charge in [0.1, 0.15) is 5.84 Å². The summed E-state index contributed by atoms with van der Waals surface area (Å²) in [6, 6.07) is 0.551. The lowest BCUT2D eigenvalue weighted by Crippen LogP contribution is -2.31. The van der Waals surface area contributed by atoms with E-state index in [1.165, 1.54) is 12.8 Å². The number of nitrogens with zero attached hydrogens (tertiary/aromatic N) is 3. The Kier molecular flexibility index (Phi) is 4.02. The van der Waals surface area contributed by atoms with Gasteiger partial charge in [-0.15, -0.1) is 5.10 Å². The maximum atomic E-state index is 7.91. The zero-order chi connectivity index (χ0) is 14.0. The molecule has 0 aromatic carbocycles. The second-order valence-electron chi connectivity index (χ2n) is 4.96. The van der Waals surface area contributed by atoms with Gasteiger partial charge in [0.15, 0.2) is 5.82 Å². The van der Waals surface area contributed by atoms with Crippen LogP contribution >= 0.6 is 0 Å². The average molecular weight is 261 g/mol. The molecule has 1 fully saturated rings. The number of hydrogen-bond donors (Lipinski definition) is 2. The quantitative estimate of drug-likeness (QED) is 0.605. The predicted octanol–water partition coefficient (Wildman–Crippen LogP) is 1.87. The normalized spacial score (nSPS) is 14.5. The SMILES string of the molecule is CCc1nnc(N(CC)C2CC2)c(C(=N)N)c1CC. The van der Waals surface area contributed by atoms with Gasteiger partial charge in [-0.2, -0.15) is 5.10 Å². The first-order chi connectivity index (χ1) is 9.13. The van der Waals surface area contributed by atoms with Gasteiger partial charge in [0.2, 0.25) is 0 Å². The van der Waals surface area contributed by atoms with Crippen LogP contribution in [0, 0.1) is 5.41 Å². The van der Waals surface area contributed by atoms with E-state index in [-0.39, 0.29) is 5.84 Å². The molecule has 1 aromatic rings. The van der Waals surface area contributed by atoms with Crippen LogP contribution in [-0.4, -0.2) is 28.6 Å². The Hall–Kier alpha value is -1.65. The fourth-order valence-electron chi connectivity index (χ4n) is 2.61. The molecule has 1 heterocycles. The van der Waals surface area contributed by atoms with E-state index < -0.39 is 0 Å². The molecule has 0 unspecified atom stereocenters. The van der Waals surface area contributed by atoms with Crippen LogP contribution in [0.5, 0.6) is 0 Å². The summed E-state index contributed by atoms with van der Waals surface area (Å²) in [5, 5.41) is 16.6. The molecule has 2 rings (SSSR count). The van der Waals surface area contributed by atoms with E-state index in [4.69, 9.17) is 11.1 Å². The molecular weight excluding hydrogens is 238 g/mol. The Morgan fingerprint density at radius 2 is 1.95 bits per heavy atom. The molecule has 1 aliphatic rings. The summed E-state index contributed by atoms with van der Waals surface area (Å²) in [6.45, 7) is 7.14. The lowest BCUT2D eigenvalue weighted by Gasteiger charge is -2.25. The first kappa shape index (κ1) is 13.8. The average Bonchev–Trinajstić information content (AvgIpc) is 3.23. The standard InChI is InChI=1S/C14H23N5/c1-4-10-11(5-2)17-18-14(12(10)13(15)16)19(6-3)9-7-8-9/h9H,4-8H2,1-3H3,(H3,15,16). The molecule has 0 atom stereocenters. The van der Waals surface area contributed by atoms with E-state index in [0.29, 0.717) is 6.04 Å². The van der Waals surface area contributed by atoms with Crippen LogP contribution in [0.3, 0.4) is 0 Å². The number of aromatic nitrogens is 2. The highest BCUT2D eigenvalue weighted by atomic mass is 15.3. The highest BCUT2D eigenvalue weighted by Gasteiger charge is 2.32. The molecule has 0 saturated heterocycles. The van der Waals surface area contributed by atoms with Crippen molar-refractivity contribution in [3.63, 3.8) is 0 Å². The largest absolute Gasteiger partial charge is 0.384 e. The fraction of sp³-hybridized carbons (Fsp3) is 0.643. The molecule has 0 amide bonds. The Bertz CT molecular complexity index is 479. The molecule has 0 spiro atoms. The van der Waals surface area contributed by atoms with Crippen molar-refractivity contribution in [3.8, 4) is 0 Å². The zero-order valence-electron chi connectivity index (χ0n) is 12.0. The number of anilines is 1. The highest BCUT2D eigenvalue weighted by Crippen LogP contribution is 2.33. The van der Waals surface area contributed by atoms with Crippen LogP contribution in [0.25, 0.3) is 0 Å². The summed E-state index contributed by atoms with van der Waals surface area (Å²) >= 11 is 0. The van der Waals surface area contributed by atoms with E-state index in [9.17, 15) is 0 Å². The summed E-state index contributed by atoms with van der Waals surface area (Å²) in [5.74, 6) is 0.905. The first-order valence-electron chi connectivity index (χ1n) is 7.13. The minimum atomic E-state index is 0.107. The van der Waals surface area contributed by atoms with Crippen LogP contribution < -0.4 is 10.6 Å². The number of rotatable bonds is 6. The van der Waals surface area contributed by atoms with Crippen molar-refractivity contribution in [1.82, 2.24) is 10.2 Å². The van der Waals surface area contributed by atoms with Crippen LogP contribution in [0.15, 0.2) is 0 Å². The van der Waals surface area contributed by atoms with Gasteiger partial charge in [0, 0.05) is 12.6 Å². The van der Waals surface area contributed by atoms with Crippen LogP contribution in [0.1, 0.15) is 50.4 Å². The molecule has 5 nitrogen and oxygen atoms in total. The lowest BCUT2D eigenvalue weighted by atomic mass is 10.0. The highest BCUT2D eigenvalue weighted by molar-refractivity contribution is 6.01. The molecule has 1 saturated carbocycles. The van der Waals surface area contributed by atoms with Crippen LogP contribution in [0.4, 0.5) is 5.82 Å². The summed E-state index contributed by atoms with van der Waals surface area (Å²) in [6.07, 6.45) is 4.06. The predicted molar refractivity (Wildman–Crippen MR) is 77.8 cm³/mol. The number of hydrogen-bond acceptors (Lipinski definition) is 4. The minimum Gasteiger partial charge on any atom is -0.384 e. The van der Waals surface area contributed by atoms with E-state index in [1.807, 2.05) is 0 Å². The molecule has 0 aliphatic heterocycles. The Morgan fingerprint density at radius 1 is 1.26 bits per heavy atom. The fourth-order valence-corrected chi connectivity index (χ4v) is 2.61. The maximum absolute atomic E-state index is 7.91. The molecule has 1 aromatic heterocycles. The van der Waals surface area contributed by atoms with Gasteiger partial charge < -0.3 is 10.6 Å². The maximum Gasteiger partial charge on any atom is 0.162 e. The smallest absolute Gasteiger partial charge is 0.162 e. The third kappa shape index (κ3) is 2.55. The number of amidine groups is 1. The van der Waals surface area contributed by atoms with Crippen molar-refractivity contribution in [3.05, 3.63) is 16.8 Å². The van der Waals surface area contributed by atoms with Crippen molar-refractivity contribution in [2.24, 2.45) is 5.73 Å². The van der Waals surface area contributed by atoms with E-state index in [1.54, 1.807) is 0 Å². The van der Waals surface area contributed by atoms with E-state index in [0.717, 1.165) is 42.0 Å². The number of nitrogen functional groups attached to an aromatic ring is 1. The topological polar surface area (TPSA) is 78.9 Å². The molecule has 5 heteroatoms. The Labute approximate surface area is 114 Å². The van der Waals surface area contributed by atoms with Crippen molar-refractivity contribution < 1.29 is 0 Å². The van der Waals surface area contributed by atoms with Gasteiger partial charge in [-0.1, -0.05) is 13.8 Å². The van der Waals surface area contributed by atoms with Crippen LogP contribution in [-0.2, 0) is 12.8 Å². The second kappa shape index (κ2) is 5.55. The molecule has 3 N–H and O–H groups in total. The summed E-state index contributed by atoms with van der Waals surface area (Å²) in [5.41, 5.74) is 8.65. The first-order valence-corrected chi connectivity index (χ1v) is 7.13. The van der Waals surface area contributed by atoms with Crippen molar-refractivity contribution >= 4 is 11.7 Å². The van der Waals surface area contributed by atoms with Crippen molar-refractivity contribution in [2.45, 2.75) is 52.5 Å². The lowest BCUT2D eigenvalue weighted by molar-refractivity contribution is 0.771. The monoisotopic (exact) mass is 261 g/mol. The zero-order valence-corrected chi connectivity index (χ0v) is 12.0. The molecule has 1 aliphatic carbocycles. The molecule has 0 bridgehead atoms. The Balaban J connectivity index is 2.56. The molecular formula is C14H23N5. The van der Waals surface area contributed by atoms with Gasteiger partial charge in [0.05, 0.1) is 11.3 Å². The number of aryl methyl sites for hydroxylation is 1. The van der Waals surface area contributed by atoms with Gasteiger partial charge in [-0.05, 0) is 38.2 Å². The van der Waals surface area contributed by atoms with Gasteiger partial charge in [-0.25, -0.2) is 0 Å².